The number of hydrogen-bond donors (Lipinski definition) is 1. The van der Waals surface area contributed by atoms with Crippen molar-refractivity contribution in [1.82, 2.24) is 0 Å². The average Bonchev–Trinajstić information content (AvgIpc) is 2.80. The van der Waals surface area contributed by atoms with Gasteiger partial charge in [0.2, 0.25) is 0 Å². The van der Waals surface area contributed by atoms with E-state index in [0.29, 0.717) is 11.7 Å². The van der Waals surface area contributed by atoms with Gasteiger partial charge in [0.1, 0.15) is 5.75 Å². The summed E-state index contributed by atoms with van der Waals surface area (Å²) in [5, 5.41) is 9.18. The molecule has 0 heterocycles. The molecule has 1 nitrogen and oxygen atoms in total. The van der Waals surface area contributed by atoms with Gasteiger partial charge in [-0.05, 0) is 23.1 Å². The van der Waals surface area contributed by atoms with Crippen LogP contribution in [0.15, 0.2) is 41.0 Å². The van der Waals surface area contributed by atoms with Crippen molar-refractivity contribution >= 4 is 28.6 Å². The largest absolute Gasteiger partial charge is 0.147 e. The monoisotopic (exact) mass is 461 g/mol. The van der Waals surface area contributed by atoms with Crippen LogP contribution in [0.2, 0.25) is 0 Å². The Labute approximate surface area is 197 Å². The molecule has 0 fully saturated rings. The molecule has 1 unspecified atom stereocenters. The van der Waals surface area contributed by atoms with E-state index in [0.717, 1.165) is 5.56 Å². The number of halogens is 2. The van der Waals surface area contributed by atoms with Gasteiger partial charge in [-0.2, -0.15) is 11.1 Å². The molecule has 4 heteroatoms. The van der Waals surface area contributed by atoms with Crippen LogP contribution in [0.3, 0.4) is 0 Å². The van der Waals surface area contributed by atoms with Crippen LogP contribution in [-0.2, 0) is 25.4 Å². The van der Waals surface area contributed by atoms with E-state index >= 15 is 0 Å². The van der Waals surface area contributed by atoms with Gasteiger partial charge in [-0.15, -0.1) is 31.7 Å². The SMILES string of the molecule is CC(C)(C)c1cccc(O)c1.CC1=[C-]C(C)C(C)=C1C.CC[C](=[Ti+])CC.Cl.Cl. The first kappa shape index (κ1) is 32.3. The molecule has 0 aromatic heterocycles. The standard InChI is InChI=1S/C10H14O.C9H13.C5H10.2ClH.Ti/c1-10(2,3)8-5-4-6-9(11)7-8;1-6-5-7(2)9(4)8(6)3;1-3-5-4-2;;;/h4-7,11H,1-3H3;6H,1-4H3;3-4H2,1-2H3;2*1H;/q;-1;;;;+1. The van der Waals surface area contributed by atoms with Crippen LogP contribution in [0.5, 0.6) is 5.75 Å². The second-order valence-electron chi connectivity index (χ2n) is 7.91. The summed E-state index contributed by atoms with van der Waals surface area (Å²) in [6, 6.07) is 7.39. The number of allylic oxidation sites excluding steroid dienone is 4. The predicted octanol–water partition coefficient (Wildman–Crippen LogP) is 7.78. The summed E-state index contributed by atoms with van der Waals surface area (Å²) in [4.78, 5) is 0. The van der Waals surface area contributed by atoms with Crippen molar-refractivity contribution in [2.75, 3.05) is 0 Å². The summed E-state index contributed by atoms with van der Waals surface area (Å²) in [7, 11) is 0. The predicted molar refractivity (Wildman–Crippen MR) is 127 cm³/mol. The Kier molecular flexibility index (Phi) is 17.9. The molecule has 0 radical (unpaired) electrons. The van der Waals surface area contributed by atoms with Crippen LogP contribution in [-0.4, -0.2) is 8.92 Å². The van der Waals surface area contributed by atoms with Crippen LogP contribution in [0.4, 0.5) is 0 Å². The van der Waals surface area contributed by atoms with Crippen molar-refractivity contribution in [2.45, 2.75) is 80.6 Å². The minimum atomic E-state index is 0. The van der Waals surface area contributed by atoms with Crippen molar-refractivity contribution in [3.63, 3.8) is 0 Å². The molecule has 1 aliphatic rings. The van der Waals surface area contributed by atoms with E-state index in [-0.39, 0.29) is 30.2 Å². The third-order valence-electron chi connectivity index (χ3n) is 4.80. The minimum Gasteiger partial charge on any atom is -0.147 e. The first-order valence-corrected chi connectivity index (χ1v) is 10.4. The molecular formula is C24H39Cl2OTi. The molecule has 0 spiro atoms. The first-order chi connectivity index (χ1) is 11.9. The Morgan fingerprint density at radius 2 is 1.57 bits per heavy atom. The molecule has 1 aromatic rings. The maximum Gasteiger partial charge on any atom is -0.147 e. The quantitative estimate of drug-likeness (QED) is 0.352. The Balaban J connectivity index is -0.000000337. The smallest absolute Gasteiger partial charge is 0.147 e. The zero-order valence-electron chi connectivity index (χ0n) is 19.1. The van der Waals surface area contributed by atoms with E-state index in [2.05, 4.69) is 88.4 Å². The van der Waals surface area contributed by atoms with Crippen molar-refractivity contribution in [3.8, 4) is 5.75 Å². The van der Waals surface area contributed by atoms with Crippen molar-refractivity contribution in [2.24, 2.45) is 5.92 Å². The third-order valence-corrected chi connectivity index (χ3v) is 5.91. The fourth-order valence-electron chi connectivity index (χ4n) is 2.38. The fourth-order valence-corrected chi connectivity index (χ4v) is 2.38. The molecular weight excluding hydrogens is 423 g/mol. The maximum atomic E-state index is 9.18. The fraction of sp³-hybridized carbons (Fsp3) is 0.542. The van der Waals surface area contributed by atoms with Crippen molar-refractivity contribution < 1.29 is 25.1 Å². The van der Waals surface area contributed by atoms with Gasteiger partial charge in [-0.25, -0.2) is 5.57 Å². The van der Waals surface area contributed by atoms with E-state index in [9.17, 15) is 5.11 Å². The van der Waals surface area contributed by atoms with E-state index in [1.54, 1.807) is 15.9 Å². The van der Waals surface area contributed by atoms with Crippen LogP contribution in [0, 0.1) is 12.0 Å². The van der Waals surface area contributed by atoms with Gasteiger partial charge in [-0.3, -0.25) is 6.08 Å². The van der Waals surface area contributed by atoms with Crippen LogP contribution in [0.1, 0.15) is 80.7 Å². The average molecular weight is 462 g/mol. The van der Waals surface area contributed by atoms with Crippen molar-refractivity contribution in [1.29, 1.82) is 0 Å². The maximum absolute atomic E-state index is 9.18. The molecule has 159 valence electrons. The molecule has 1 N–H and O–H groups in total. The number of phenolic OH excluding ortho intramolecular Hbond substituents is 1. The Morgan fingerprint density at radius 1 is 1.07 bits per heavy atom. The number of benzene rings is 1. The molecule has 1 atom stereocenters. The van der Waals surface area contributed by atoms with Gasteiger partial charge in [0.15, 0.2) is 0 Å². The molecule has 0 saturated heterocycles. The van der Waals surface area contributed by atoms with E-state index < -0.39 is 0 Å². The normalized spacial score (nSPS) is 15.1. The van der Waals surface area contributed by atoms with E-state index in [1.807, 2.05) is 12.1 Å². The third kappa shape index (κ3) is 12.3. The second kappa shape index (κ2) is 15.5. The zero-order chi connectivity index (χ0) is 20.5. The molecule has 1 aromatic carbocycles. The molecule has 0 bridgehead atoms. The van der Waals surface area contributed by atoms with Gasteiger partial charge >= 0.3 is 50.5 Å². The summed E-state index contributed by atoms with van der Waals surface area (Å²) in [5.74, 6) is 0.905. The van der Waals surface area contributed by atoms with Gasteiger partial charge < -0.3 is 5.11 Å². The Bertz CT molecular complexity index is 649. The van der Waals surface area contributed by atoms with Crippen LogP contribution < -0.4 is 0 Å². The second-order valence-corrected chi connectivity index (χ2v) is 9.01. The number of hydrogen-bond acceptors (Lipinski definition) is 1. The minimum absolute atomic E-state index is 0. The summed E-state index contributed by atoms with van der Waals surface area (Å²) in [6.45, 7) is 19.4. The topological polar surface area (TPSA) is 20.2 Å². The molecule has 28 heavy (non-hydrogen) atoms. The molecule has 2 rings (SSSR count). The molecule has 0 amide bonds. The number of phenols is 1. The van der Waals surface area contributed by atoms with E-state index in [1.165, 1.54) is 29.6 Å². The summed E-state index contributed by atoms with van der Waals surface area (Å²) >= 11 is 2.19. The summed E-state index contributed by atoms with van der Waals surface area (Å²) in [6.07, 6.45) is 5.85. The first-order valence-electron chi connectivity index (χ1n) is 9.57. The summed E-state index contributed by atoms with van der Waals surface area (Å²) < 4.78 is 1.59. The van der Waals surface area contributed by atoms with Crippen molar-refractivity contribution in [3.05, 3.63) is 52.6 Å². The van der Waals surface area contributed by atoms with E-state index in [4.69, 9.17) is 0 Å². The van der Waals surface area contributed by atoms with Crippen LogP contribution >= 0.6 is 24.8 Å². The van der Waals surface area contributed by atoms with Gasteiger partial charge in [0, 0.05) is 0 Å². The van der Waals surface area contributed by atoms with Gasteiger partial charge in [-0.1, -0.05) is 59.6 Å². The molecule has 0 saturated carbocycles. The molecule has 0 aliphatic heterocycles. The Morgan fingerprint density at radius 3 is 1.75 bits per heavy atom. The Hall–Kier alpha value is -0.336. The summed E-state index contributed by atoms with van der Waals surface area (Å²) in [5.41, 5.74) is 5.53. The number of aromatic hydroxyl groups is 1. The van der Waals surface area contributed by atoms with Crippen LogP contribution in [0.25, 0.3) is 0 Å². The van der Waals surface area contributed by atoms with Gasteiger partial charge in [0.05, 0.1) is 0 Å². The molecule has 1 aliphatic carbocycles. The number of rotatable bonds is 2. The van der Waals surface area contributed by atoms with Gasteiger partial charge in [0.25, 0.3) is 0 Å². The zero-order valence-corrected chi connectivity index (χ0v) is 22.3.